The Morgan fingerprint density at radius 2 is 1.83 bits per heavy atom. The second-order valence-corrected chi connectivity index (χ2v) is 12.7. The summed E-state index contributed by atoms with van der Waals surface area (Å²) in [7, 11) is 1.70. The van der Waals surface area contributed by atoms with E-state index < -0.39 is 44.1 Å². The molecule has 0 bridgehead atoms. The van der Waals surface area contributed by atoms with E-state index >= 15 is 8.78 Å². The average molecular weight is 613 g/mol. The summed E-state index contributed by atoms with van der Waals surface area (Å²) in [6, 6.07) is 9.03. The van der Waals surface area contributed by atoms with Gasteiger partial charge in [-0.1, -0.05) is 24.6 Å². The van der Waals surface area contributed by atoms with E-state index in [1.54, 1.807) is 11.0 Å². The average Bonchev–Trinajstić information content (AvgIpc) is 3.29. The van der Waals surface area contributed by atoms with Crippen LogP contribution in [-0.2, 0) is 16.6 Å². The van der Waals surface area contributed by atoms with E-state index in [0.29, 0.717) is 28.7 Å². The van der Waals surface area contributed by atoms with Crippen molar-refractivity contribution in [2.45, 2.75) is 24.8 Å². The minimum absolute atomic E-state index is 0.0651. The summed E-state index contributed by atoms with van der Waals surface area (Å²) in [5.74, 6) is -3.45. The van der Waals surface area contributed by atoms with Crippen molar-refractivity contribution < 1.29 is 31.1 Å². The van der Waals surface area contributed by atoms with Crippen LogP contribution in [0, 0.1) is 23.0 Å². The van der Waals surface area contributed by atoms with E-state index in [1.165, 1.54) is 38.5 Å². The third-order valence-electron chi connectivity index (χ3n) is 7.01. The molecule has 1 aromatic heterocycles. The van der Waals surface area contributed by atoms with Gasteiger partial charge in [-0.2, -0.15) is 4.39 Å². The van der Waals surface area contributed by atoms with Crippen LogP contribution >= 0.6 is 11.6 Å². The molecule has 3 aromatic rings. The highest BCUT2D eigenvalue weighted by Crippen LogP contribution is 2.41. The SMILES string of the molecule is COc1ccc(CN(c2cccc(F)n2)S(=O)(=O)c2c(F)cc(N3CC[C@@](C)(CN(C)C)C3)c(Cl)c2F)c(OC)c1. The third kappa shape index (κ3) is 6.34. The molecule has 1 saturated heterocycles. The lowest BCUT2D eigenvalue weighted by atomic mass is 9.89. The van der Waals surface area contributed by atoms with Crippen LogP contribution in [0.2, 0.25) is 5.02 Å². The fraction of sp³-hybridized carbons (Fsp3) is 0.393. The van der Waals surface area contributed by atoms with Gasteiger partial charge in [-0.3, -0.25) is 0 Å². The van der Waals surface area contributed by atoms with Gasteiger partial charge in [0.15, 0.2) is 10.7 Å². The molecule has 0 amide bonds. The first-order valence-electron chi connectivity index (χ1n) is 12.7. The van der Waals surface area contributed by atoms with Gasteiger partial charge in [0.05, 0.1) is 26.5 Å². The number of nitrogens with zero attached hydrogens (tertiary/aromatic N) is 4. The van der Waals surface area contributed by atoms with E-state index in [4.69, 9.17) is 21.1 Å². The Balaban J connectivity index is 1.79. The molecule has 0 saturated carbocycles. The van der Waals surface area contributed by atoms with Gasteiger partial charge < -0.3 is 19.3 Å². The molecule has 222 valence electrons. The highest BCUT2D eigenvalue weighted by atomic mass is 35.5. The van der Waals surface area contributed by atoms with Crippen molar-refractivity contribution in [2.24, 2.45) is 5.41 Å². The van der Waals surface area contributed by atoms with Crippen LogP contribution in [0.1, 0.15) is 18.9 Å². The Kier molecular flexibility index (Phi) is 8.95. The van der Waals surface area contributed by atoms with Crippen LogP contribution in [0.4, 0.5) is 24.7 Å². The first kappa shape index (κ1) is 30.7. The number of anilines is 2. The van der Waals surface area contributed by atoms with E-state index in [-0.39, 0.29) is 22.7 Å². The second-order valence-electron chi connectivity index (χ2n) is 10.6. The Hall–Kier alpha value is -3.22. The molecule has 2 heterocycles. The Labute approximate surface area is 243 Å². The first-order valence-corrected chi connectivity index (χ1v) is 14.5. The molecule has 1 fully saturated rings. The second kappa shape index (κ2) is 11.9. The molecule has 8 nitrogen and oxygen atoms in total. The molecule has 1 atom stereocenters. The highest BCUT2D eigenvalue weighted by Gasteiger charge is 2.39. The maximum Gasteiger partial charge on any atom is 0.271 e. The van der Waals surface area contributed by atoms with Crippen molar-refractivity contribution in [3.63, 3.8) is 0 Å². The number of rotatable bonds is 10. The molecule has 0 radical (unpaired) electrons. The summed E-state index contributed by atoms with van der Waals surface area (Å²) in [5, 5.41) is -0.520. The van der Waals surface area contributed by atoms with Crippen molar-refractivity contribution in [2.75, 3.05) is 57.2 Å². The van der Waals surface area contributed by atoms with Gasteiger partial charge >= 0.3 is 0 Å². The Morgan fingerprint density at radius 3 is 2.46 bits per heavy atom. The molecule has 1 aliphatic rings. The smallest absolute Gasteiger partial charge is 0.271 e. The van der Waals surface area contributed by atoms with Crippen molar-refractivity contribution >= 4 is 33.1 Å². The quantitative estimate of drug-likeness (QED) is 0.226. The molecule has 2 aromatic carbocycles. The number of halogens is 4. The minimum Gasteiger partial charge on any atom is -0.497 e. The lowest BCUT2D eigenvalue weighted by molar-refractivity contribution is 0.242. The molecule has 13 heteroatoms. The van der Waals surface area contributed by atoms with E-state index in [1.807, 2.05) is 19.0 Å². The number of hydrogen-bond acceptors (Lipinski definition) is 7. The van der Waals surface area contributed by atoms with Gasteiger partial charge in [0.25, 0.3) is 10.0 Å². The van der Waals surface area contributed by atoms with Gasteiger partial charge in [0.2, 0.25) is 5.95 Å². The molecule has 0 unspecified atom stereocenters. The van der Waals surface area contributed by atoms with Crippen LogP contribution in [0.25, 0.3) is 0 Å². The van der Waals surface area contributed by atoms with E-state index in [9.17, 15) is 12.8 Å². The summed E-state index contributed by atoms with van der Waals surface area (Å²) in [4.78, 5) is 6.20. The summed E-state index contributed by atoms with van der Waals surface area (Å²) in [6.07, 6.45) is 0.757. The fourth-order valence-electron chi connectivity index (χ4n) is 5.23. The topological polar surface area (TPSA) is 75.2 Å². The monoisotopic (exact) mass is 612 g/mol. The number of ether oxygens (including phenoxy) is 2. The molecule has 0 aliphatic carbocycles. The molecule has 0 N–H and O–H groups in total. The van der Waals surface area contributed by atoms with E-state index in [0.717, 1.165) is 25.1 Å². The van der Waals surface area contributed by atoms with Crippen molar-refractivity contribution in [3.8, 4) is 11.5 Å². The maximum atomic E-state index is 15.9. The van der Waals surface area contributed by atoms with Gasteiger partial charge in [-0.25, -0.2) is 26.5 Å². The van der Waals surface area contributed by atoms with Gasteiger partial charge in [0, 0.05) is 37.3 Å². The zero-order valence-corrected chi connectivity index (χ0v) is 25.0. The number of benzene rings is 2. The molecule has 0 spiro atoms. The molecular weight excluding hydrogens is 581 g/mol. The van der Waals surface area contributed by atoms with Crippen LogP contribution in [-0.4, -0.2) is 66.3 Å². The highest BCUT2D eigenvalue weighted by molar-refractivity contribution is 7.92. The molecular formula is C28H32ClF3N4O4S. The minimum atomic E-state index is -5.01. The van der Waals surface area contributed by atoms with Gasteiger partial charge in [-0.05, 0) is 50.2 Å². The third-order valence-corrected chi connectivity index (χ3v) is 9.15. The number of methoxy groups -OCH3 is 2. The van der Waals surface area contributed by atoms with E-state index in [2.05, 4.69) is 11.9 Å². The number of pyridine rings is 1. The van der Waals surface area contributed by atoms with Crippen molar-refractivity contribution in [1.29, 1.82) is 0 Å². The van der Waals surface area contributed by atoms with Gasteiger partial charge in [0.1, 0.15) is 28.2 Å². The summed E-state index contributed by atoms with van der Waals surface area (Å²) in [6.45, 7) is 3.31. The summed E-state index contributed by atoms with van der Waals surface area (Å²) in [5.41, 5.74) is 0.223. The predicted octanol–water partition coefficient (Wildman–Crippen LogP) is 5.34. The number of hydrogen-bond donors (Lipinski definition) is 0. The first-order chi connectivity index (χ1) is 19.3. The zero-order chi connectivity index (χ0) is 30.1. The van der Waals surface area contributed by atoms with Crippen LogP contribution < -0.4 is 18.7 Å². The van der Waals surface area contributed by atoms with Crippen molar-refractivity contribution in [3.05, 3.63) is 70.6 Å². The number of aromatic nitrogens is 1. The largest absolute Gasteiger partial charge is 0.497 e. The van der Waals surface area contributed by atoms with Crippen molar-refractivity contribution in [1.82, 2.24) is 9.88 Å². The molecule has 4 rings (SSSR count). The Bertz CT molecular complexity index is 1540. The van der Waals surface area contributed by atoms with Gasteiger partial charge in [-0.15, -0.1) is 0 Å². The van der Waals surface area contributed by atoms with Crippen LogP contribution in [0.15, 0.2) is 47.4 Å². The standard InChI is InChI=1S/C28H32ClF3N4O4S/c1-28(16-34(2)3)11-12-35(17-28)21-14-20(30)27(26(32)25(21)29)41(37,38)36(24-8-6-7-23(31)33-24)15-18-9-10-19(39-4)13-22(18)40-5/h6-10,13-14H,11-12,15-17H2,1-5H3/t28-/m0/s1. The van der Waals surface area contributed by atoms with Crippen LogP contribution in [0.3, 0.4) is 0 Å². The summed E-state index contributed by atoms with van der Waals surface area (Å²) >= 11 is 6.39. The number of sulfonamides is 1. The predicted molar refractivity (Wildman–Crippen MR) is 152 cm³/mol. The Morgan fingerprint density at radius 1 is 1.10 bits per heavy atom. The summed E-state index contributed by atoms with van der Waals surface area (Å²) < 4.78 is 84.8. The lowest BCUT2D eigenvalue weighted by Crippen LogP contribution is -2.35. The maximum absolute atomic E-state index is 15.9. The van der Waals surface area contributed by atoms with Crippen LogP contribution in [0.5, 0.6) is 11.5 Å². The zero-order valence-electron chi connectivity index (χ0n) is 23.4. The lowest BCUT2D eigenvalue weighted by Gasteiger charge is -2.29. The molecule has 1 aliphatic heterocycles. The normalized spacial score (nSPS) is 17.3. The fourth-order valence-corrected chi connectivity index (χ4v) is 7.06. The molecule has 41 heavy (non-hydrogen) atoms.